The minimum absolute atomic E-state index is 0.227. The number of amides is 1. The zero-order valence-corrected chi connectivity index (χ0v) is 11.9. The Morgan fingerprint density at radius 2 is 2.24 bits per heavy atom. The van der Waals surface area contributed by atoms with Crippen LogP contribution in [0.3, 0.4) is 0 Å². The fourth-order valence-corrected chi connectivity index (χ4v) is 3.99. The molecule has 0 aromatic rings. The number of thioether (sulfide) groups is 2. The van der Waals surface area contributed by atoms with Gasteiger partial charge in [0.2, 0.25) is 0 Å². The molecule has 1 fully saturated rings. The van der Waals surface area contributed by atoms with E-state index in [4.69, 9.17) is 0 Å². The maximum atomic E-state index is 12.3. The second kappa shape index (κ2) is 6.55. The molecule has 4 heteroatoms. The van der Waals surface area contributed by atoms with Crippen LogP contribution >= 0.6 is 23.5 Å². The first-order valence-electron chi connectivity index (χ1n) is 6.21. The van der Waals surface area contributed by atoms with E-state index in [1.54, 1.807) is 11.8 Å². The van der Waals surface area contributed by atoms with Gasteiger partial charge in [0, 0.05) is 24.6 Å². The molecule has 0 unspecified atom stereocenters. The van der Waals surface area contributed by atoms with E-state index < -0.39 is 0 Å². The summed E-state index contributed by atoms with van der Waals surface area (Å²) in [5, 5.41) is 0. The third kappa shape index (κ3) is 3.55. The molecule has 1 amide bonds. The minimum Gasteiger partial charge on any atom is -0.337 e. The Balaban J connectivity index is 1.95. The molecule has 2 aliphatic rings. The maximum Gasteiger partial charge on any atom is 0.260 e. The van der Waals surface area contributed by atoms with Gasteiger partial charge in [0.25, 0.3) is 5.91 Å². The van der Waals surface area contributed by atoms with Gasteiger partial charge < -0.3 is 4.90 Å². The van der Waals surface area contributed by atoms with Crippen LogP contribution in [0, 0.1) is 0 Å². The van der Waals surface area contributed by atoms with Crippen LogP contribution in [0.4, 0.5) is 0 Å². The van der Waals surface area contributed by atoms with Gasteiger partial charge in [-0.2, -0.15) is 11.8 Å². The van der Waals surface area contributed by atoms with Gasteiger partial charge in [-0.15, -0.1) is 0 Å². The summed E-state index contributed by atoms with van der Waals surface area (Å²) in [6.07, 6.45) is 7.80. The van der Waals surface area contributed by atoms with E-state index in [2.05, 4.69) is 6.08 Å². The molecule has 2 rings (SSSR count). The average Bonchev–Trinajstić information content (AvgIpc) is 2.89. The van der Waals surface area contributed by atoms with E-state index in [1.165, 1.54) is 17.7 Å². The lowest BCUT2D eigenvalue weighted by molar-refractivity contribution is -0.126. The molecule has 1 saturated heterocycles. The van der Waals surface area contributed by atoms with E-state index in [1.807, 2.05) is 29.7 Å². The molecule has 0 aromatic heterocycles. The highest BCUT2D eigenvalue weighted by molar-refractivity contribution is 8.07. The standard InChI is InChI=1S/C13H19NOS2/c1-2-12(17-11-5-3-4-6-11)13(15)14-7-9-16-10-8-14/h2,5H,3-4,6-10H2,1H3/b12-2-. The second-order valence-electron chi connectivity index (χ2n) is 4.22. The Hall–Kier alpha value is -0.350. The molecule has 1 heterocycles. The Labute approximate surface area is 112 Å². The zero-order valence-electron chi connectivity index (χ0n) is 10.3. The highest BCUT2D eigenvalue weighted by atomic mass is 32.2. The molecule has 0 radical (unpaired) electrons. The molecule has 2 nitrogen and oxygen atoms in total. The Morgan fingerprint density at radius 3 is 2.82 bits per heavy atom. The molecule has 0 aromatic carbocycles. The second-order valence-corrected chi connectivity index (χ2v) is 6.62. The first-order valence-corrected chi connectivity index (χ1v) is 8.18. The van der Waals surface area contributed by atoms with E-state index in [0.717, 1.165) is 35.9 Å². The molecule has 0 N–H and O–H groups in total. The predicted octanol–water partition coefficient (Wildman–Crippen LogP) is 3.27. The minimum atomic E-state index is 0.227. The van der Waals surface area contributed by atoms with Crippen molar-refractivity contribution in [2.75, 3.05) is 24.6 Å². The lowest BCUT2D eigenvalue weighted by Gasteiger charge is -2.27. The first kappa shape index (κ1) is 13.1. The van der Waals surface area contributed by atoms with Crippen LogP contribution in [0.1, 0.15) is 26.2 Å². The maximum absolute atomic E-state index is 12.3. The molecule has 0 saturated carbocycles. The highest BCUT2D eigenvalue weighted by Gasteiger charge is 2.21. The topological polar surface area (TPSA) is 20.3 Å². The summed E-state index contributed by atoms with van der Waals surface area (Å²) in [4.78, 5) is 16.6. The largest absolute Gasteiger partial charge is 0.337 e. The molecule has 1 aliphatic carbocycles. The van der Waals surface area contributed by atoms with Crippen molar-refractivity contribution in [3.05, 3.63) is 22.0 Å². The SMILES string of the molecule is C/C=C(\SC1=CCCC1)C(=O)N1CCSCC1. The number of hydrogen-bond donors (Lipinski definition) is 0. The summed E-state index contributed by atoms with van der Waals surface area (Å²) in [6, 6.07) is 0. The van der Waals surface area contributed by atoms with Gasteiger partial charge in [-0.3, -0.25) is 4.79 Å². The molecular weight excluding hydrogens is 250 g/mol. The smallest absolute Gasteiger partial charge is 0.260 e. The number of nitrogens with zero attached hydrogens (tertiary/aromatic N) is 1. The summed E-state index contributed by atoms with van der Waals surface area (Å²) < 4.78 is 0. The van der Waals surface area contributed by atoms with E-state index in [0.29, 0.717) is 0 Å². The fraction of sp³-hybridized carbons (Fsp3) is 0.615. The van der Waals surface area contributed by atoms with Gasteiger partial charge in [0.15, 0.2) is 0 Å². The quantitative estimate of drug-likeness (QED) is 0.733. The zero-order chi connectivity index (χ0) is 12.1. The lowest BCUT2D eigenvalue weighted by atomic mass is 10.4. The summed E-state index contributed by atoms with van der Waals surface area (Å²) in [5.41, 5.74) is 0. The van der Waals surface area contributed by atoms with E-state index >= 15 is 0 Å². The van der Waals surface area contributed by atoms with Gasteiger partial charge in [-0.25, -0.2) is 0 Å². The molecule has 0 bridgehead atoms. The van der Waals surface area contributed by atoms with Gasteiger partial charge in [0.05, 0.1) is 4.91 Å². The van der Waals surface area contributed by atoms with Crippen LogP contribution in [-0.2, 0) is 4.79 Å². The van der Waals surface area contributed by atoms with Crippen molar-refractivity contribution in [1.29, 1.82) is 0 Å². The molecule has 94 valence electrons. The number of allylic oxidation sites excluding steroid dienone is 3. The molecular formula is C13H19NOS2. The van der Waals surface area contributed by atoms with Crippen LogP contribution < -0.4 is 0 Å². The van der Waals surface area contributed by atoms with Crippen molar-refractivity contribution in [3.63, 3.8) is 0 Å². The Bertz CT molecular complexity index is 343. The lowest BCUT2D eigenvalue weighted by Crippen LogP contribution is -2.38. The van der Waals surface area contributed by atoms with Crippen LogP contribution in [0.25, 0.3) is 0 Å². The predicted molar refractivity (Wildman–Crippen MR) is 77.2 cm³/mol. The summed E-state index contributed by atoms with van der Waals surface area (Å²) in [5.74, 6) is 2.39. The Morgan fingerprint density at radius 1 is 1.47 bits per heavy atom. The number of hydrogen-bond acceptors (Lipinski definition) is 3. The monoisotopic (exact) mass is 269 g/mol. The van der Waals surface area contributed by atoms with Crippen molar-refractivity contribution in [3.8, 4) is 0 Å². The number of rotatable bonds is 3. The van der Waals surface area contributed by atoms with Gasteiger partial charge in [-0.05, 0) is 31.1 Å². The fourth-order valence-electron chi connectivity index (χ4n) is 2.02. The van der Waals surface area contributed by atoms with Gasteiger partial charge >= 0.3 is 0 Å². The first-order chi connectivity index (χ1) is 8.31. The van der Waals surface area contributed by atoms with Crippen molar-refractivity contribution in [2.45, 2.75) is 26.2 Å². The van der Waals surface area contributed by atoms with E-state index in [-0.39, 0.29) is 5.91 Å². The van der Waals surface area contributed by atoms with Crippen LogP contribution in [-0.4, -0.2) is 35.4 Å². The number of carbonyl (C=O) groups excluding carboxylic acids is 1. The van der Waals surface area contributed by atoms with E-state index in [9.17, 15) is 4.79 Å². The van der Waals surface area contributed by atoms with Crippen LogP contribution in [0.2, 0.25) is 0 Å². The van der Waals surface area contributed by atoms with Crippen LogP contribution in [0.15, 0.2) is 22.0 Å². The Kier molecular flexibility index (Phi) is 5.04. The molecule has 17 heavy (non-hydrogen) atoms. The third-order valence-electron chi connectivity index (χ3n) is 3.01. The van der Waals surface area contributed by atoms with Crippen LogP contribution in [0.5, 0.6) is 0 Å². The van der Waals surface area contributed by atoms with Crippen molar-refractivity contribution < 1.29 is 4.79 Å². The molecule has 0 atom stereocenters. The molecule has 0 spiro atoms. The van der Waals surface area contributed by atoms with Gasteiger partial charge in [-0.1, -0.05) is 23.9 Å². The average molecular weight is 269 g/mol. The summed E-state index contributed by atoms with van der Waals surface area (Å²) in [6.45, 7) is 3.77. The summed E-state index contributed by atoms with van der Waals surface area (Å²) >= 11 is 3.62. The normalized spacial score (nSPS) is 21.6. The summed E-state index contributed by atoms with van der Waals surface area (Å²) in [7, 11) is 0. The molecule has 1 aliphatic heterocycles. The number of carbonyl (C=O) groups is 1. The third-order valence-corrected chi connectivity index (χ3v) is 5.22. The van der Waals surface area contributed by atoms with Crippen molar-refractivity contribution in [2.24, 2.45) is 0 Å². The van der Waals surface area contributed by atoms with Gasteiger partial charge in [0.1, 0.15) is 0 Å². The van der Waals surface area contributed by atoms with Crippen molar-refractivity contribution in [1.82, 2.24) is 4.90 Å². The van der Waals surface area contributed by atoms with Crippen molar-refractivity contribution >= 4 is 29.4 Å². The highest BCUT2D eigenvalue weighted by Crippen LogP contribution is 2.34.